The van der Waals surface area contributed by atoms with E-state index in [9.17, 15) is 13.2 Å². The molecule has 0 aliphatic carbocycles. The van der Waals surface area contributed by atoms with Crippen molar-refractivity contribution in [3.05, 3.63) is 77.4 Å². The Morgan fingerprint density at radius 2 is 1.78 bits per heavy atom. The number of amides is 1. The van der Waals surface area contributed by atoms with E-state index in [1.807, 2.05) is 45.0 Å². The van der Waals surface area contributed by atoms with Crippen LogP contribution in [0.5, 0.6) is 17.2 Å². The van der Waals surface area contributed by atoms with Crippen molar-refractivity contribution in [2.75, 3.05) is 25.1 Å². The van der Waals surface area contributed by atoms with Gasteiger partial charge in [0.05, 0.1) is 37.4 Å². The van der Waals surface area contributed by atoms with Crippen LogP contribution in [0.4, 0.5) is 5.69 Å². The molecule has 37 heavy (non-hydrogen) atoms. The minimum absolute atomic E-state index is 0.0990. The summed E-state index contributed by atoms with van der Waals surface area (Å²) in [7, 11) is -0.843. The lowest BCUT2D eigenvalue weighted by atomic mass is 10.0. The van der Waals surface area contributed by atoms with Crippen LogP contribution < -0.4 is 23.8 Å². The Kier molecular flexibility index (Phi) is 7.63. The average Bonchev–Trinajstić information content (AvgIpc) is 2.90. The van der Waals surface area contributed by atoms with Crippen molar-refractivity contribution in [3.8, 4) is 17.2 Å². The first kappa shape index (κ1) is 26.3. The van der Waals surface area contributed by atoms with Crippen LogP contribution in [0.3, 0.4) is 0 Å². The van der Waals surface area contributed by atoms with E-state index in [1.165, 1.54) is 23.5 Å². The Labute approximate surface area is 218 Å². The molecule has 9 heteroatoms. The van der Waals surface area contributed by atoms with Gasteiger partial charge in [0.2, 0.25) is 0 Å². The fraction of sp³-hybridized carbons (Fsp3) is 0.321. The first-order valence-corrected chi connectivity index (χ1v) is 13.5. The monoisotopic (exact) mass is 524 g/mol. The number of carbonyl (C=O) groups is 1. The molecule has 3 aromatic carbocycles. The molecular weight excluding hydrogens is 492 g/mol. The molecule has 0 aromatic heterocycles. The van der Waals surface area contributed by atoms with Crippen LogP contribution >= 0.6 is 0 Å². The smallest absolute Gasteiger partial charge is 0.264 e. The quantitative estimate of drug-likeness (QED) is 0.465. The molecule has 0 radical (unpaired) electrons. The van der Waals surface area contributed by atoms with Gasteiger partial charge in [-0.05, 0) is 79.4 Å². The van der Waals surface area contributed by atoms with Gasteiger partial charge in [-0.15, -0.1) is 0 Å². The number of nitrogens with one attached hydrogen (secondary N) is 1. The Balaban J connectivity index is 1.64. The summed E-state index contributed by atoms with van der Waals surface area (Å²) in [5.74, 6) is 1.27. The Morgan fingerprint density at radius 3 is 2.41 bits per heavy atom. The number of fused-ring (bicyclic) bond motifs is 1. The molecule has 0 saturated heterocycles. The van der Waals surface area contributed by atoms with E-state index in [0.29, 0.717) is 23.6 Å². The van der Waals surface area contributed by atoms with E-state index in [-0.39, 0.29) is 23.4 Å². The molecule has 4 rings (SSSR count). The molecule has 0 spiro atoms. The number of anilines is 1. The molecule has 0 unspecified atom stereocenters. The minimum Gasteiger partial charge on any atom is -0.497 e. The fourth-order valence-corrected chi connectivity index (χ4v) is 5.87. The summed E-state index contributed by atoms with van der Waals surface area (Å²) in [4.78, 5) is 13.5. The number of benzene rings is 3. The molecule has 1 aliphatic heterocycles. The van der Waals surface area contributed by atoms with E-state index in [0.717, 1.165) is 22.4 Å². The number of aryl methyl sites for hydroxylation is 2. The molecule has 1 N–H and O–H groups in total. The number of nitrogens with zero attached hydrogens (tertiary/aromatic N) is 1. The second-order valence-corrected chi connectivity index (χ2v) is 10.9. The van der Waals surface area contributed by atoms with Gasteiger partial charge in [0.1, 0.15) is 17.2 Å². The second kappa shape index (κ2) is 10.7. The van der Waals surface area contributed by atoms with Crippen LogP contribution in [0.2, 0.25) is 0 Å². The van der Waals surface area contributed by atoms with E-state index in [4.69, 9.17) is 14.2 Å². The topological polar surface area (TPSA) is 94.2 Å². The number of hydrogen-bond acceptors (Lipinski definition) is 6. The van der Waals surface area contributed by atoms with Gasteiger partial charge in [-0.2, -0.15) is 0 Å². The Morgan fingerprint density at radius 1 is 1.05 bits per heavy atom. The molecule has 3 aromatic rings. The van der Waals surface area contributed by atoms with Gasteiger partial charge in [0, 0.05) is 0 Å². The van der Waals surface area contributed by atoms with Gasteiger partial charge in [-0.1, -0.05) is 25.1 Å². The van der Waals surface area contributed by atoms with Gasteiger partial charge in [0.25, 0.3) is 15.9 Å². The first-order valence-electron chi connectivity index (χ1n) is 12.1. The minimum atomic E-state index is -3.98. The van der Waals surface area contributed by atoms with Crippen molar-refractivity contribution < 1.29 is 27.4 Å². The number of methoxy groups -OCH3 is 2. The molecule has 8 nitrogen and oxygen atoms in total. The molecule has 1 aliphatic rings. The molecule has 196 valence electrons. The third-order valence-corrected chi connectivity index (χ3v) is 8.26. The highest BCUT2D eigenvalue weighted by molar-refractivity contribution is 7.92. The third kappa shape index (κ3) is 5.36. The Bertz CT molecular complexity index is 1390. The highest BCUT2D eigenvalue weighted by Gasteiger charge is 2.38. The van der Waals surface area contributed by atoms with Crippen molar-refractivity contribution in [2.24, 2.45) is 0 Å². The number of ether oxygens (including phenoxy) is 3. The molecule has 0 bridgehead atoms. The van der Waals surface area contributed by atoms with Crippen molar-refractivity contribution in [2.45, 2.75) is 44.2 Å². The molecule has 1 amide bonds. The molecular formula is C28H32N2O6S. The van der Waals surface area contributed by atoms with Crippen molar-refractivity contribution in [1.82, 2.24) is 5.32 Å². The number of rotatable bonds is 8. The van der Waals surface area contributed by atoms with Crippen LogP contribution in [-0.2, 0) is 14.8 Å². The van der Waals surface area contributed by atoms with Crippen LogP contribution in [0.25, 0.3) is 0 Å². The average molecular weight is 525 g/mol. The summed E-state index contributed by atoms with van der Waals surface area (Å²) >= 11 is 0. The van der Waals surface area contributed by atoms with E-state index < -0.39 is 16.1 Å². The lowest BCUT2D eigenvalue weighted by Gasteiger charge is -2.35. The zero-order valence-corrected chi connectivity index (χ0v) is 22.5. The normalized spacial score (nSPS) is 15.8. The predicted molar refractivity (Wildman–Crippen MR) is 142 cm³/mol. The first-order chi connectivity index (χ1) is 17.7. The summed E-state index contributed by atoms with van der Waals surface area (Å²) in [5, 5.41) is 3.04. The van der Waals surface area contributed by atoms with Gasteiger partial charge >= 0.3 is 0 Å². The molecule has 1 heterocycles. The third-order valence-electron chi connectivity index (χ3n) is 6.47. The molecule has 0 saturated carbocycles. The van der Waals surface area contributed by atoms with Crippen LogP contribution in [-0.4, -0.2) is 41.2 Å². The zero-order valence-electron chi connectivity index (χ0n) is 21.6. The van der Waals surface area contributed by atoms with E-state index in [1.54, 1.807) is 31.4 Å². The van der Waals surface area contributed by atoms with Crippen molar-refractivity contribution in [3.63, 3.8) is 0 Å². The van der Waals surface area contributed by atoms with Gasteiger partial charge in [-0.25, -0.2) is 8.42 Å². The van der Waals surface area contributed by atoms with Gasteiger partial charge < -0.3 is 19.5 Å². The summed E-state index contributed by atoms with van der Waals surface area (Å²) in [6.07, 6.45) is -0.384. The lowest BCUT2D eigenvalue weighted by Crippen LogP contribution is -2.51. The SMILES string of the molecule is CC[C@@H](NC(=O)[C@H]1CN(S(=O)(=O)c2ccc(OC)cc2)c2cc(C)ccc2O1)c1ccc(OC)c(C)c1. The summed E-state index contributed by atoms with van der Waals surface area (Å²) in [6.45, 7) is 5.64. The largest absolute Gasteiger partial charge is 0.497 e. The maximum Gasteiger partial charge on any atom is 0.264 e. The summed E-state index contributed by atoms with van der Waals surface area (Å²) in [6, 6.07) is 16.9. The summed E-state index contributed by atoms with van der Waals surface area (Å²) in [5.41, 5.74) is 3.17. The van der Waals surface area contributed by atoms with E-state index in [2.05, 4.69) is 5.32 Å². The van der Waals surface area contributed by atoms with Crippen molar-refractivity contribution >= 4 is 21.6 Å². The van der Waals surface area contributed by atoms with Gasteiger partial charge in [-0.3, -0.25) is 9.10 Å². The fourth-order valence-electron chi connectivity index (χ4n) is 4.40. The maximum absolute atomic E-state index is 13.7. The predicted octanol–water partition coefficient (Wildman–Crippen LogP) is 4.54. The summed E-state index contributed by atoms with van der Waals surface area (Å²) < 4.78 is 45.2. The van der Waals surface area contributed by atoms with Gasteiger partial charge in [0.15, 0.2) is 6.10 Å². The number of hydrogen-bond donors (Lipinski definition) is 1. The molecule has 2 atom stereocenters. The standard InChI is InChI=1S/C28H32N2O6S/c1-6-23(20-8-14-25(35-5)19(3)16-20)29-28(31)27-17-30(24-15-18(2)7-13-26(24)36-27)37(32,33)22-11-9-21(34-4)10-12-22/h7-16,23,27H,6,17H2,1-5H3,(H,29,31)/t23-,27-/m1/s1. The molecule has 0 fully saturated rings. The van der Waals surface area contributed by atoms with E-state index >= 15 is 0 Å². The highest BCUT2D eigenvalue weighted by atomic mass is 32.2. The van der Waals surface area contributed by atoms with Crippen LogP contribution in [0.15, 0.2) is 65.6 Å². The van der Waals surface area contributed by atoms with Crippen LogP contribution in [0.1, 0.15) is 36.1 Å². The number of carbonyl (C=O) groups excluding carboxylic acids is 1. The highest BCUT2D eigenvalue weighted by Crippen LogP contribution is 2.38. The van der Waals surface area contributed by atoms with Crippen LogP contribution in [0, 0.1) is 13.8 Å². The number of sulfonamides is 1. The second-order valence-electron chi connectivity index (χ2n) is 8.99. The zero-order chi connectivity index (χ0) is 26.7. The Hall–Kier alpha value is -3.72. The van der Waals surface area contributed by atoms with Crippen molar-refractivity contribution in [1.29, 1.82) is 0 Å². The maximum atomic E-state index is 13.7. The lowest BCUT2D eigenvalue weighted by molar-refractivity contribution is -0.128.